The molecular weight excluding hydrogens is 343 g/mol. The summed E-state index contributed by atoms with van der Waals surface area (Å²) in [5.41, 5.74) is 0.804. The number of ether oxygens (including phenoxy) is 1. The first-order valence-electron chi connectivity index (χ1n) is 7.12. The van der Waals surface area contributed by atoms with Crippen molar-refractivity contribution < 1.29 is 9.53 Å². The van der Waals surface area contributed by atoms with E-state index in [1.165, 1.54) is 11.3 Å². The fraction of sp³-hybridized carbons (Fsp3) is 0.467. The van der Waals surface area contributed by atoms with Crippen LogP contribution in [-0.2, 0) is 16.1 Å². The highest BCUT2D eigenvalue weighted by Crippen LogP contribution is 2.32. The first-order chi connectivity index (χ1) is 10.6. The van der Waals surface area contributed by atoms with Crippen LogP contribution >= 0.6 is 34.5 Å². The fourth-order valence-electron chi connectivity index (χ4n) is 2.07. The molecule has 0 unspecified atom stereocenters. The van der Waals surface area contributed by atoms with E-state index in [4.69, 9.17) is 27.9 Å². The van der Waals surface area contributed by atoms with Crippen LogP contribution in [-0.4, -0.2) is 24.2 Å². The van der Waals surface area contributed by atoms with Gasteiger partial charge in [0.05, 0.1) is 26.9 Å². The van der Waals surface area contributed by atoms with E-state index in [0.29, 0.717) is 34.4 Å². The summed E-state index contributed by atoms with van der Waals surface area (Å²) >= 11 is 13.9. The van der Waals surface area contributed by atoms with Gasteiger partial charge < -0.3 is 9.30 Å². The van der Waals surface area contributed by atoms with Crippen LogP contribution in [0.25, 0.3) is 10.2 Å². The zero-order chi connectivity index (χ0) is 16.1. The lowest BCUT2D eigenvalue weighted by Gasteiger charge is -2.06. The van der Waals surface area contributed by atoms with Crippen molar-refractivity contribution in [3.05, 3.63) is 27.0 Å². The Hall–Kier alpha value is -0.880. The Morgan fingerprint density at radius 3 is 2.86 bits per heavy atom. The fourth-order valence-corrected chi connectivity index (χ4v) is 3.63. The van der Waals surface area contributed by atoms with E-state index in [0.717, 1.165) is 23.1 Å². The second kappa shape index (κ2) is 8.11. The van der Waals surface area contributed by atoms with Gasteiger partial charge in [-0.05, 0) is 18.6 Å². The summed E-state index contributed by atoms with van der Waals surface area (Å²) in [5.74, 6) is -0.109. The maximum absolute atomic E-state index is 12.0. The van der Waals surface area contributed by atoms with Gasteiger partial charge in [-0.25, -0.2) is 0 Å². The third-order valence-corrected chi connectivity index (χ3v) is 5.06. The van der Waals surface area contributed by atoms with Gasteiger partial charge in [-0.3, -0.25) is 4.79 Å². The Kier molecular flexibility index (Phi) is 6.44. The predicted octanol–water partition coefficient (Wildman–Crippen LogP) is 4.27. The van der Waals surface area contributed by atoms with Gasteiger partial charge in [-0.15, -0.1) is 0 Å². The summed E-state index contributed by atoms with van der Waals surface area (Å²) in [6.45, 7) is 3.12. The third-order valence-electron chi connectivity index (χ3n) is 3.22. The molecule has 0 saturated heterocycles. The van der Waals surface area contributed by atoms with Gasteiger partial charge >= 0.3 is 0 Å². The maximum atomic E-state index is 12.0. The van der Waals surface area contributed by atoms with Crippen molar-refractivity contribution in [3.8, 4) is 0 Å². The quantitative estimate of drug-likeness (QED) is 0.771. The van der Waals surface area contributed by atoms with Crippen LogP contribution in [0.1, 0.15) is 26.2 Å². The average molecular weight is 361 g/mol. The molecule has 4 nitrogen and oxygen atoms in total. The van der Waals surface area contributed by atoms with Crippen LogP contribution in [0.15, 0.2) is 17.1 Å². The second-order valence-corrected chi connectivity index (χ2v) is 6.64. The summed E-state index contributed by atoms with van der Waals surface area (Å²) in [7, 11) is 1.63. The number of carbonyl (C=O) groups is 1. The molecule has 2 aromatic rings. The number of hydrogen-bond donors (Lipinski definition) is 0. The lowest BCUT2D eigenvalue weighted by molar-refractivity contribution is -0.118. The number of amides is 1. The van der Waals surface area contributed by atoms with Crippen LogP contribution in [0.2, 0.25) is 10.0 Å². The highest BCUT2D eigenvalue weighted by Gasteiger charge is 2.13. The molecule has 1 amide bonds. The number of unbranched alkanes of at least 4 members (excludes halogenated alkanes) is 1. The molecule has 0 fully saturated rings. The SMILES string of the molecule is CCCCC(=O)N=c1sc2ccc(Cl)c(Cl)c2n1CCOC. The average Bonchev–Trinajstić information content (AvgIpc) is 2.85. The summed E-state index contributed by atoms with van der Waals surface area (Å²) in [4.78, 5) is 16.8. The molecular formula is C15H18Cl2N2O2S. The van der Waals surface area contributed by atoms with Crippen LogP contribution in [0.4, 0.5) is 0 Å². The molecule has 22 heavy (non-hydrogen) atoms. The predicted molar refractivity (Wildman–Crippen MR) is 91.8 cm³/mol. The minimum absolute atomic E-state index is 0.109. The van der Waals surface area contributed by atoms with E-state index >= 15 is 0 Å². The molecule has 1 aromatic heterocycles. The topological polar surface area (TPSA) is 43.6 Å². The Bertz CT molecular complexity index is 737. The van der Waals surface area contributed by atoms with Crippen molar-refractivity contribution in [2.75, 3.05) is 13.7 Å². The zero-order valence-electron chi connectivity index (χ0n) is 12.6. The molecule has 0 atom stereocenters. The molecule has 1 heterocycles. The van der Waals surface area contributed by atoms with Crippen molar-refractivity contribution in [1.29, 1.82) is 0 Å². The Balaban J connectivity index is 2.55. The van der Waals surface area contributed by atoms with Crippen LogP contribution in [0.3, 0.4) is 0 Å². The Morgan fingerprint density at radius 2 is 2.18 bits per heavy atom. The number of fused-ring (bicyclic) bond motifs is 1. The minimum Gasteiger partial charge on any atom is -0.383 e. The first-order valence-corrected chi connectivity index (χ1v) is 8.69. The molecule has 0 aliphatic heterocycles. The van der Waals surface area contributed by atoms with Crippen molar-refractivity contribution in [1.82, 2.24) is 4.57 Å². The Morgan fingerprint density at radius 1 is 1.41 bits per heavy atom. The highest BCUT2D eigenvalue weighted by atomic mass is 35.5. The molecule has 1 aromatic carbocycles. The molecule has 0 N–H and O–H groups in total. The van der Waals surface area contributed by atoms with Gasteiger partial charge in [0.15, 0.2) is 4.80 Å². The van der Waals surface area contributed by atoms with E-state index in [9.17, 15) is 4.79 Å². The summed E-state index contributed by atoms with van der Waals surface area (Å²) in [6, 6.07) is 3.65. The monoisotopic (exact) mass is 360 g/mol. The number of methoxy groups -OCH3 is 1. The number of rotatable bonds is 6. The van der Waals surface area contributed by atoms with Crippen molar-refractivity contribution in [2.45, 2.75) is 32.7 Å². The number of nitrogens with zero attached hydrogens (tertiary/aromatic N) is 2. The highest BCUT2D eigenvalue weighted by molar-refractivity contribution is 7.16. The number of hydrogen-bond acceptors (Lipinski definition) is 3. The molecule has 0 radical (unpaired) electrons. The van der Waals surface area contributed by atoms with E-state index in [-0.39, 0.29) is 5.91 Å². The van der Waals surface area contributed by atoms with Crippen molar-refractivity contribution in [3.63, 3.8) is 0 Å². The summed E-state index contributed by atoms with van der Waals surface area (Å²) in [6.07, 6.45) is 2.28. The van der Waals surface area contributed by atoms with Crippen molar-refractivity contribution in [2.24, 2.45) is 4.99 Å². The molecule has 0 spiro atoms. The van der Waals surface area contributed by atoms with Crippen molar-refractivity contribution >= 4 is 50.7 Å². The molecule has 0 bridgehead atoms. The van der Waals surface area contributed by atoms with Crippen LogP contribution in [0.5, 0.6) is 0 Å². The Labute approximate surface area is 143 Å². The van der Waals surface area contributed by atoms with Crippen LogP contribution in [0, 0.1) is 0 Å². The lowest BCUT2D eigenvalue weighted by atomic mass is 10.2. The molecule has 7 heteroatoms. The normalized spacial score (nSPS) is 12.3. The number of halogens is 2. The maximum Gasteiger partial charge on any atom is 0.248 e. The number of thiazole rings is 1. The first kappa shape index (κ1) is 17.5. The van der Waals surface area contributed by atoms with E-state index in [2.05, 4.69) is 4.99 Å². The summed E-state index contributed by atoms with van der Waals surface area (Å²) in [5, 5.41) is 0.968. The summed E-state index contributed by atoms with van der Waals surface area (Å²) < 4.78 is 8.00. The minimum atomic E-state index is -0.109. The van der Waals surface area contributed by atoms with Gasteiger partial charge in [0, 0.05) is 20.1 Å². The molecule has 120 valence electrons. The van der Waals surface area contributed by atoms with Gasteiger partial charge in [-0.1, -0.05) is 47.9 Å². The number of benzene rings is 1. The van der Waals surface area contributed by atoms with E-state index in [1.807, 2.05) is 17.6 Å². The van der Waals surface area contributed by atoms with Gasteiger partial charge in [0.25, 0.3) is 0 Å². The number of aromatic nitrogens is 1. The largest absolute Gasteiger partial charge is 0.383 e. The van der Waals surface area contributed by atoms with E-state index in [1.54, 1.807) is 13.2 Å². The lowest BCUT2D eigenvalue weighted by Crippen LogP contribution is -2.19. The number of carbonyl (C=O) groups excluding carboxylic acids is 1. The van der Waals surface area contributed by atoms with Gasteiger partial charge in [0.1, 0.15) is 0 Å². The molecule has 2 rings (SSSR count). The standard InChI is InChI=1S/C15H18Cl2N2O2S/c1-3-4-5-12(20)18-15-19(8-9-21-2)14-11(22-15)7-6-10(16)13(14)17/h6-7H,3-5,8-9H2,1-2H3. The van der Waals surface area contributed by atoms with E-state index < -0.39 is 0 Å². The smallest absolute Gasteiger partial charge is 0.248 e. The molecule has 0 saturated carbocycles. The third kappa shape index (κ3) is 3.90. The zero-order valence-corrected chi connectivity index (χ0v) is 14.9. The van der Waals surface area contributed by atoms with Gasteiger partial charge in [0.2, 0.25) is 5.91 Å². The molecule has 0 aliphatic carbocycles. The molecule has 0 aliphatic rings. The van der Waals surface area contributed by atoms with Gasteiger partial charge in [-0.2, -0.15) is 4.99 Å². The van der Waals surface area contributed by atoms with Crippen LogP contribution < -0.4 is 4.80 Å². The second-order valence-electron chi connectivity index (χ2n) is 4.85.